The molecule has 3 aromatic rings. The van der Waals surface area contributed by atoms with Crippen molar-refractivity contribution in [2.75, 3.05) is 13.7 Å². The van der Waals surface area contributed by atoms with Crippen molar-refractivity contribution >= 4 is 29.7 Å². The van der Waals surface area contributed by atoms with Crippen molar-refractivity contribution in [2.45, 2.75) is 13.8 Å². The number of aryl methyl sites for hydroxylation is 1. The number of aromatic carboxylic acids is 1. The molecule has 0 aliphatic carbocycles. The molecule has 0 spiro atoms. The van der Waals surface area contributed by atoms with Crippen LogP contribution in [0.25, 0.3) is 5.69 Å². The molecule has 0 saturated heterocycles. The van der Waals surface area contributed by atoms with Crippen molar-refractivity contribution in [3.8, 4) is 17.2 Å². The predicted molar refractivity (Wildman–Crippen MR) is 121 cm³/mol. The van der Waals surface area contributed by atoms with Gasteiger partial charge in [-0.05, 0) is 50.2 Å². The summed E-state index contributed by atoms with van der Waals surface area (Å²) >= 11 is 5.97. The van der Waals surface area contributed by atoms with E-state index in [1.807, 2.05) is 24.5 Å². The van der Waals surface area contributed by atoms with Gasteiger partial charge in [-0.3, -0.25) is 4.79 Å². The van der Waals surface area contributed by atoms with E-state index in [1.54, 1.807) is 36.4 Å². The van der Waals surface area contributed by atoms with Crippen LogP contribution in [-0.4, -0.2) is 41.5 Å². The molecule has 2 N–H and O–H groups in total. The molecule has 2 aromatic carbocycles. The molecular formula is C23H22ClN3O5. The third-order valence-electron chi connectivity index (χ3n) is 4.73. The molecule has 0 radical (unpaired) electrons. The zero-order chi connectivity index (χ0) is 23.3. The number of nitrogens with one attached hydrogen (secondary N) is 1. The molecule has 0 saturated carbocycles. The number of halogens is 1. The van der Waals surface area contributed by atoms with Crippen LogP contribution in [0, 0.1) is 13.8 Å². The number of aromatic nitrogens is 1. The number of carbonyl (C=O) groups is 2. The molecule has 1 aromatic heterocycles. The Labute approximate surface area is 190 Å². The van der Waals surface area contributed by atoms with E-state index in [0.29, 0.717) is 17.2 Å². The number of methoxy groups -OCH3 is 1. The lowest BCUT2D eigenvalue weighted by molar-refractivity contribution is -0.123. The highest BCUT2D eigenvalue weighted by Crippen LogP contribution is 2.26. The number of hydrogen-bond acceptors (Lipinski definition) is 5. The molecule has 0 aliphatic rings. The number of hydrazone groups is 1. The van der Waals surface area contributed by atoms with E-state index in [9.17, 15) is 14.7 Å². The number of nitrogens with zero attached hydrogens (tertiary/aromatic N) is 2. The molecule has 32 heavy (non-hydrogen) atoms. The van der Waals surface area contributed by atoms with Crippen LogP contribution >= 0.6 is 11.6 Å². The van der Waals surface area contributed by atoms with Crippen LogP contribution < -0.4 is 14.9 Å². The van der Waals surface area contributed by atoms with E-state index in [1.165, 1.54) is 19.4 Å². The molecule has 166 valence electrons. The number of hydrogen-bond donors (Lipinski definition) is 2. The Hall–Kier alpha value is -3.78. The summed E-state index contributed by atoms with van der Waals surface area (Å²) in [6.45, 7) is 3.54. The number of carboxylic acid groups (broad SMARTS) is 1. The number of amides is 1. The molecular weight excluding hydrogens is 434 g/mol. The van der Waals surface area contributed by atoms with E-state index in [4.69, 9.17) is 21.1 Å². The van der Waals surface area contributed by atoms with Crippen molar-refractivity contribution in [3.63, 3.8) is 0 Å². The van der Waals surface area contributed by atoms with Gasteiger partial charge in [-0.15, -0.1) is 0 Å². The van der Waals surface area contributed by atoms with Crippen LogP contribution in [0.1, 0.15) is 27.3 Å². The van der Waals surface area contributed by atoms with Crippen LogP contribution in [-0.2, 0) is 4.79 Å². The minimum Gasteiger partial charge on any atom is -0.493 e. The van der Waals surface area contributed by atoms with Crippen molar-refractivity contribution < 1.29 is 24.2 Å². The number of carbonyl (C=O) groups excluding carboxylic acids is 1. The minimum atomic E-state index is -1.10. The Morgan fingerprint density at radius 3 is 2.56 bits per heavy atom. The average Bonchev–Trinajstić information content (AvgIpc) is 3.05. The van der Waals surface area contributed by atoms with Crippen LogP contribution in [0.5, 0.6) is 11.5 Å². The summed E-state index contributed by atoms with van der Waals surface area (Å²) in [4.78, 5) is 23.4. The van der Waals surface area contributed by atoms with Gasteiger partial charge in [-0.1, -0.05) is 23.7 Å². The number of rotatable bonds is 8. The zero-order valence-electron chi connectivity index (χ0n) is 17.8. The first-order valence-corrected chi connectivity index (χ1v) is 9.99. The molecule has 0 atom stereocenters. The Morgan fingerprint density at radius 2 is 1.88 bits per heavy atom. The van der Waals surface area contributed by atoms with Crippen LogP contribution in [0.2, 0.25) is 5.02 Å². The fourth-order valence-electron chi connectivity index (χ4n) is 3.22. The number of carboxylic acids is 1. The molecule has 3 rings (SSSR count). The smallest absolute Gasteiger partial charge is 0.337 e. The van der Waals surface area contributed by atoms with Crippen molar-refractivity contribution in [3.05, 3.63) is 76.1 Å². The van der Waals surface area contributed by atoms with Crippen LogP contribution in [0.15, 0.2) is 53.6 Å². The summed E-state index contributed by atoms with van der Waals surface area (Å²) in [7, 11) is 1.52. The second-order valence-electron chi connectivity index (χ2n) is 6.86. The van der Waals surface area contributed by atoms with Gasteiger partial charge >= 0.3 is 5.97 Å². The van der Waals surface area contributed by atoms with Crippen LogP contribution in [0.4, 0.5) is 0 Å². The third-order valence-corrected chi connectivity index (χ3v) is 5.06. The average molecular weight is 456 g/mol. The summed E-state index contributed by atoms with van der Waals surface area (Å²) < 4.78 is 12.5. The third kappa shape index (κ3) is 5.09. The summed E-state index contributed by atoms with van der Waals surface area (Å²) in [6.07, 6.45) is 1.52. The fraction of sp³-hybridized carbons (Fsp3) is 0.174. The highest BCUT2D eigenvalue weighted by Gasteiger charge is 2.14. The maximum atomic E-state index is 12.1. The summed E-state index contributed by atoms with van der Waals surface area (Å²) in [5, 5.41) is 13.5. The van der Waals surface area contributed by atoms with E-state index in [-0.39, 0.29) is 17.2 Å². The van der Waals surface area contributed by atoms with Gasteiger partial charge in [-0.2, -0.15) is 5.10 Å². The second kappa shape index (κ2) is 10.0. The number of benzene rings is 2. The van der Waals surface area contributed by atoms with Gasteiger partial charge in [0.25, 0.3) is 5.91 Å². The summed E-state index contributed by atoms with van der Waals surface area (Å²) in [5.74, 6) is -0.533. The van der Waals surface area contributed by atoms with Gasteiger partial charge in [0.05, 0.1) is 23.9 Å². The molecule has 9 heteroatoms. The molecule has 0 unspecified atom stereocenters. The van der Waals surface area contributed by atoms with E-state index in [2.05, 4.69) is 10.5 Å². The van der Waals surface area contributed by atoms with Crippen LogP contribution in [0.3, 0.4) is 0 Å². The van der Waals surface area contributed by atoms with Gasteiger partial charge in [0.1, 0.15) is 0 Å². The maximum Gasteiger partial charge on any atom is 0.337 e. The Morgan fingerprint density at radius 1 is 1.16 bits per heavy atom. The molecule has 8 nitrogen and oxygen atoms in total. The van der Waals surface area contributed by atoms with E-state index < -0.39 is 11.9 Å². The first-order chi connectivity index (χ1) is 15.3. The highest BCUT2D eigenvalue weighted by molar-refractivity contribution is 6.33. The van der Waals surface area contributed by atoms with Crippen molar-refractivity contribution in [1.82, 2.24) is 9.99 Å². The van der Waals surface area contributed by atoms with Crippen molar-refractivity contribution in [2.24, 2.45) is 5.10 Å². The van der Waals surface area contributed by atoms with Crippen molar-refractivity contribution in [1.29, 1.82) is 0 Å². The Kier molecular flexibility index (Phi) is 7.17. The van der Waals surface area contributed by atoms with E-state index in [0.717, 1.165) is 17.0 Å². The SMILES string of the molecule is COc1ccccc1OCC(=O)N/N=C/c1cc(C)n(-c2ccc(Cl)c(C(=O)O)c2)c1C. The Bertz CT molecular complexity index is 1190. The molecule has 1 amide bonds. The number of ether oxygens (including phenoxy) is 2. The lowest BCUT2D eigenvalue weighted by atomic mass is 10.2. The Balaban J connectivity index is 1.69. The molecule has 1 heterocycles. The van der Waals surface area contributed by atoms with Gasteiger partial charge in [0.2, 0.25) is 0 Å². The zero-order valence-corrected chi connectivity index (χ0v) is 18.5. The first kappa shape index (κ1) is 22.9. The highest BCUT2D eigenvalue weighted by atomic mass is 35.5. The fourth-order valence-corrected chi connectivity index (χ4v) is 3.42. The second-order valence-corrected chi connectivity index (χ2v) is 7.27. The standard InChI is InChI=1S/C23H22ClN3O5/c1-14-10-16(15(2)27(14)17-8-9-19(24)18(11-17)23(29)30)12-25-26-22(28)13-32-21-7-5-4-6-20(21)31-3/h4-12H,13H2,1-3H3,(H,26,28)(H,29,30)/b25-12+. The molecule has 0 fully saturated rings. The topological polar surface area (TPSA) is 102 Å². The summed E-state index contributed by atoms with van der Waals surface area (Å²) in [5.41, 5.74) is 5.57. The normalized spacial score (nSPS) is 10.9. The lowest BCUT2D eigenvalue weighted by Gasteiger charge is -2.11. The summed E-state index contributed by atoms with van der Waals surface area (Å²) in [6, 6.07) is 13.7. The predicted octanol–water partition coefficient (Wildman–Crippen LogP) is 3.98. The largest absolute Gasteiger partial charge is 0.493 e. The van der Waals surface area contributed by atoms with Gasteiger partial charge < -0.3 is 19.1 Å². The van der Waals surface area contributed by atoms with Gasteiger partial charge in [0, 0.05) is 22.6 Å². The molecule has 0 aliphatic heterocycles. The number of para-hydroxylation sites is 2. The van der Waals surface area contributed by atoms with Gasteiger partial charge in [0.15, 0.2) is 18.1 Å². The van der Waals surface area contributed by atoms with Gasteiger partial charge in [-0.25, -0.2) is 10.2 Å². The van der Waals surface area contributed by atoms with E-state index >= 15 is 0 Å². The first-order valence-electron chi connectivity index (χ1n) is 9.61. The lowest BCUT2D eigenvalue weighted by Crippen LogP contribution is -2.24. The maximum absolute atomic E-state index is 12.1. The minimum absolute atomic E-state index is 0.0224. The monoisotopic (exact) mass is 455 g/mol. The molecule has 0 bridgehead atoms. The quantitative estimate of drug-likeness (QED) is 0.395.